The van der Waals surface area contributed by atoms with E-state index in [1.165, 1.54) is 19.6 Å². The molecule has 5 nitrogen and oxygen atoms in total. The van der Waals surface area contributed by atoms with Crippen LogP contribution in [-0.4, -0.2) is 19.7 Å². The van der Waals surface area contributed by atoms with Crippen molar-refractivity contribution in [3.05, 3.63) is 29.8 Å². The van der Waals surface area contributed by atoms with Gasteiger partial charge in [-0.2, -0.15) is 18.3 Å². The van der Waals surface area contributed by atoms with Crippen molar-refractivity contribution in [2.24, 2.45) is 7.05 Å². The van der Waals surface area contributed by atoms with E-state index in [1.807, 2.05) is 0 Å². The lowest BCUT2D eigenvalue weighted by Crippen LogP contribution is -2.06. The molecule has 0 unspecified atom stereocenters. The Kier molecular flexibility index (Phi) is 2.93. The quantitative estimate of drug-likeness (QED) is 0.829. The van der Waals surface area contributed by atoms with E-state index in [-0.39, 0.29) is 11.8 Å². The van der Waals surface area contributed by atoms with E-state index in [0.717, 1.165) is 10.7 Å². The zero-order valence-corrected chi connectivity index (χ0v) is 9.56. The molecule has 0 amide bonds. The zero-order valence-electron chi connectivity index (χ0n) is 9.56. The predicted molar refractivity (Wildman–Crippen MR) is 55.1 cm³/mol. The number of hydrogen-bond acceptors (Lipinski definition) is 4. The fraction of sp³-hybridized carbons (Fsp3) is 0.300. The third-order valence-electron chi connectivity index (χ3n) is 2.18. The van der Waals surface area contributed by atoms with Crippen LogP contribution in [0.15, 0.2) is 18.6 Å². The highest BCUT2D eigenvalue weighted by Crippen LogP contribution is 2.31. The first kappa shape index (κ1) is 12.3. The van der Waals surface area contributed by atoms with E-state index in [2.05, 4.69) is 15.1 Å². The number of aryl methyl sites for hydroxylation is 2. The van der Waals surface area contributed by atoms with Crippen LogP contribution in [0.4, 0.5) is 13.2 Å². The van der Waals surface area contributed by atoms with E-state index in [4.69, 9.17) is 4.74 Å². The average molecular weight is 258 g/mol. The summed E-state index contributed by atoms with van der Waals surface area (Å²) in [5, 5.41) is 3.33. The standard InChI is InChI=1S/C10H9F3N4O/c1-6-4-14-5-15-9(6)18-8-3-7(10(11,12)13)16-17(8)2/h3-5H,1-2H3. The first-order valence-corrected chi connectivity index (χ1v) is 4.93. The minimum Gasteiger partial charge on any atom is -0.421 e. The molecule has 0 saturated heterocycles. The van der Waals surface area contributed by atoms with Gasteiger partial charge in [-0.25, -0.2) is 14.6 Å². The SMILES string of the molecule is Cc1cncnc1Oc1cc(C(F)(F)F)nn1C. The maximum Gasteiger partial charge on any atom is 0.435 e. The van der Waals surface area contributed by atoms with Crippen molar-refractivity contribution in [3.63, 3.8) is 0 Å². The highest BCUT2D eigenvalue weighted by molar-refractivity contribution is 5.27. The molecule has 18 heavy (non-hydrogen) atoms. The molecule has 0 N–H and O–H groups in total. The molecule has 0 aliphatic rings. The Morgan fingerprint density at radius 3 is 2.61 bits per heavy atom. The molecule has 2 aromatic heterocycles. The van der Waals surface area contributed by atoms with Crippen molar-refractivity contribution in [1.29, 1.82) is 0 Å². The fourth-order valence-corrected chi connectivity index (χ4v) is 1.28. The van der Waals surface area contributed by atoms with Gasteiger partial charge in [0.1, 0.15) is 6.33 Å². The van der Waals surface area contributed by atoms with Crippen molar-refractivity contribution in [2.45, 2.75) is 13.1 Å². The molecule has 2 rings (SSSR count). The summed E-state index contributed by atoms with van der Waals surface area (Å²) >= 11 is 0. The topological polar surface area (TPSA) is 52.8 Å². The Bertz CT molecular complexity index is 564. The third-order valence-corrected chi connectivity index (χ3v) is 2.18. The van der Waals surface area contributed by atoms with E-state index < -0.39 is 11.9 Å². The molecule has 2 aromatic rings. The fourth-order valence-electron chi connectivity index (χ4n) is 1.28. The van der Waals surface area contributed by atoms with Gasteiger partial charge in [0.15, 0.2) is 5.69 Å². The van der Waals surface area contributed by atoms with Crippen LogP contribution in [0.3, 0.4) is 0 Å². The molecule has 0 fully saturated rings. The minimum absolute atomic E-state index is 0.0378. The maximum atomic E-state index is 12.4. The number of hydrogen-bond donors (Lipinski definition) is 0. The van der Waals surface area contributed by atoms with Gasteiger partial charge < -0.3 is 4.74 Å². The monoisotopic (exact) mass is 258 g/mol. The number of halogens is 3. The van der Waals surface area contributed by atoms with Crippen LogP contribution in [0.1, 0.15) is 11.3 Å². The molecule has 0 saturated carbocycles. The molecule has 8 heteroatoms. The zero-order chi connectivity index (χ0) is 13.3. The Morgan fingerprint density at radius 1 is 1.33 bits per heavy atom. The molecule has 2 heterocycles. The Balaban J connectivity index is 2.31. The molecule has 0 spiro atoms. The van der Waals surface area contributed by atoms with Gasteiger partial charge in [-0.1, -0.05) is 0 Å². The molecule has 0 radical (unpaired) electrons. The number of ether oxygens (including phenoxy) is 1. The van der Waals surface area contributed by atoms with E-state index in [9.17, 15) is 13.2 Å². The van der Waals surface area contributed by atoms with Crippen LogP contribution in [0.2, 0.25) is 0 Å². The van der Waals surface area contributed by atoms with E-state index in [0.29, 0.717) is 5.56 Å². The van der Waals surface area contributed by atoms with Crippen LogP contribution in [0.25, 0.3) is 0 Å². The summed E-state index contributed by atoms with van der Waals surface area (Å²) in [5.74, 6) is 0.158. The summed E-state index contributed by atoms with van der Waals surface area (Å²) in [7, 11) is 1.36. The second kappa shape index (κ2) is 4.28. The summed E-state index contributed by atoms with van der Waals surface area (Å²) in [4.78, 5) is 7.59. The van der Waals surface area contributed by atoms with Crippen LogP contribution in [-0.2, 0) is 13.2 Å². The van der Waals surface area contributed by atoms with Crippen molar-refractivity contribution < 1.29 is 17.9 Å². The maximum absolute atomic E-state index is 12.4. The number of alkyl halides is 3. The normalized spacial score (nSPS) is 11.6. The molecular formula is C10H9F3N4O. The van der Waals surface area contributed by atoms with Crippen LogP contribution in [0, 0.1) is 6.92 Å². The average Bonchev–Trinajstić information content (AvgIpc) is 2.63. The van der Waals surface area contributed by atoms with E-state index >= 15 is 0 Å². The lowest BCUT2D eigenvalue weighted by atomic mass is 10.4. The van der Waals surface area contributed by atoms with Crippen LogP contribution < -0.4 is 4.74 Å². The van der Waals surface area contributed by atoms with Gasteiger partial charge in [-0.3, -0.25) is 0 Å². The minimum atomic E-state index is -4.50. The first-order valence-electron chi connectivity index (χ1n) is 4.93. The second-order valence-corrected chi connectivity index (χ2v) is 3.60. The summed E-state index contributed by atoms with van der Waals surface area (Å²) in [5.41, 5.74) is -0.390. The van der Waals surface area contributed by atoms with Gasteiger partial charge in [0.05, 0.1) is 0 Å². The van der Waals surface area contributed by atoms with Gasteiger partial charge >= 0.3 is 6.18 Å². The molecule has 0 atom stereocenters. The van der Waals surface area contributed by atoms with Crippen molar-refractivity contribution >= 4 is 0 Å². The molecule has 0 aromatic carbocycles. The van der Waals surface area contributed by atoms with Gasteiger partial charge in [0.25, 0.3) is 0 Å². The lowest BCUT2D eigenvalue weighted by Gasteiger charge is -2.05. The second-order valence-electron chi connectivity index (χ2n) is 3.60. The summed E-state index contributed by atoms with van der Waals surface area (Å²) in [6.45, 7) is 1.69. The summed E-state index contributed by atoms with van der Waals surface area (Å²) in [6.07, 6.45) is -1.74. The van der Waals surface area contributed by atoms with Gasteiger partial charge in [0, 0.05) is 24.9 Å². The number of aromatic nitrogens is 4. The van der Waals surface area contributed by atoms with Crippen molar-refractivity contribution in [3.8, 4) is 11.8 Å². The number of rotatable bonds is 2. The van der Waals surface area contributed by atoms with E-state index in [1.54, 1.807) is 6.92 Å². The molecular weight excluding hydrogens is 249 g/mol. The highest BCUT2D eigenvalue weighted by Gasteiger charge is 2.35. The molecule has 0 aliphatic carbocycles. The molecule has 0 bridgehead atoms. The highest BCUT2D eigenvalue weighted by atomic mass is 19.4. The Labute approximate surface area is 100 Å². The van der Waals surface area contributed by atoms with Crippen molar-refractivity contribution in [1.82, 2.24) is 19.7 Å². The lowest BCUT2D eigenvalue weighted by molar-refractivity contribution is -0.141. The Morgan fingerprint density at radius 2 is 2.06 bits per heavy atom. The van der Waals surface area contributed by atoms with Gasteiger partial charge in [-0.05, 0) is 6.92 Å². The molecule has 96 valence electrons. The number of nitrogens with zero attached hydrogens (tertiary/aromatic N) is 4. The third kappa shape index (κ3) is 2.41. The largest absolute Gasteiger partial charge is 0.435 e. The van der Waals surface area contributed by atoms with Crippen LogP contribution >= 0.6 is 0 Å². The molecule has 0 aliphatic heterocycles. The first-order chi connectivity index (χ1) is 8.38. The Hall–Kier alpha value is -2.12. The van der Waals surface area contributed by atoms with Gasteiger partial charge in [-0.15, -0.1) is 0 Å². The smallest absolute Gasteiger partial charge is 0.421 e. The van der Waals surface area contributed by atoms with Crippen molar-refractivity contribution in [2.75, 3.05) is 0 Å². The van der Waals surface area contributed by atoms with Gasteiger partial charge in [0.2, 0.25) is 11.8 Å². The predicted octanol–water partition coefficient (Wildman–Crippen LogP) is 2.33. The summed E-state index contributed by atoms with van der Waals surface area (Å²) < 4.78 is 43.6. The van der Waals surface area contributed by atoms with Crippen LogP contribution in [0.5, 0.6) is 11.8 Å². The summed E-state index contributed by atoms with van der Waals surface area (Å²) in [6, 6.07) is 0.821.